The second-order valence-electron chi connectivity index (χ2n) is 6.51. The van der Waals surface area contributed by atoms with Gasteiger partial charge in [-0.25, -0.2) is 0 Å². The molecule has 0 atom stereocenters. The topological polar surface area (TPSA) is 29.5 Å². The van der Waals surface area contributed by atoms with Gasteiger partial charge in [-0.15, -0.1) is 0 Å². The minimum atomic E-state index is -0.217. The van der Waals surface area contributed by atoms with Crippen molar-refractivity contribution in [2.75, 3.05) is 19.8 Å². The Morgan fingerprint density at radius 3 is 2.70 bits per heavy atom. The molecule has 0 saturated carbocycles. The number of fused-ring (bicyclic) bond motifs is 1. The fourth-order valence-electron chi connectivity index (χ4n) is 3.26. The van der Waals surface area contributed by atoms with Crippen LogP contribution >= 0.6 is 0 Å². The van der Waals surface area contributed by atoms with E-state index in [9.17, 15) is 4.79 Å². The van der Waals surface area contributed by atoms with Gasteiger partial charge in [0.15, 0.2) is 0 Å². The Bertz CT molecular complexity index is 522. The van der Waals surface area contributed by atoms with E-state index in [0.29, 0.717) is 19.8 Å². The van der Waals surface area contributed by atoms with Gasteiger partial charge in [0.2, 0.25) is 0 Å². The third-order valence-electron chi connectivity index (χ3n) is 4.49. The number of amides is 1. The number of rotatable bonds is 1. The van der Waals surface area contributed by atoms with E-state index in [2.05, 4.69) is 26.0 Å². The van der Waals surface area contributed by atoms with Crippen LogP contribution in [0.15, 0.2) is 18.2 Å². The van der Waals surface area contributed by atoms with Gasteiger partial charge in [-0.05, 0) is 62.8 Å². The van der Waals surface area contributed by atoms with Crippen molar-refractivity contribution in [1.29, 1.82) is 0 Å². The van der Waals surface area contributed by atoms with E-state index in [1.54, 1.807) is 0 Å². The molecule has 1 heterocycles. The van der Waals surface area contributed by atoms with Gasteiger partial charge in [0, 0.05) is 12.1 Å². The lowest BCUT2D eigenvalue weighted by Gasteiger charge is -2.42. The van der Waals surface area contributed by atoms with Crippen molar-refractivity contribution in [3.63, 3.8) is 0 Å². The molecule has 1 aromatic rings. The summed E-state index contributed by atoms with van der Waals surface area (Å²) in [4.78, 5) is 14.7. The molecule has 3 nitrogen and oxygen atoms in total. The van der Waals surface area contributed by atoms with Gasteiger partial charge in [-0.2, -0.15) is 0 Å². The Kier molecular flexibility index (Phi) is 3.55. The molecule has 1 amide bonds. The van der Waals surface area contributed by atoms with Gasteiger partial charge >= 0.3 is 0 Å². The number of carbonyl (C=O) groups excluding carboxylic acids is 1. The molecule has 1 saturated heterocycles. The highest BCUT2D eigenvalue weighted by molar-refractivity contribution is 5.95. The average Bonchev–Trinajstić information content (AvgIpc) is 2.45. The number of aryl methyl sites for hydroxylation is 2. The van der Waals surface area contributed by atoms with E-state index in [0.717, 1.165) is 18.4 Å². The Morgan fingerprint density at radius 1 is 1.20 bits per heavy atom. The molecule has 1 fully saturated rings. The highest BCUT2D eigenvalue weighted by Gasteiger charge is 2.34. The molecule has 20 heavy (non-hydrogen) atoms. The van der Waals surface area contributed by atoms with E-state index in [1.807, 2.05) is 11.0 Å². The first kappa shape index (κ1) is 13.6. The van der Waals surface area contributed by atoms with E-state index in [4.69, 9.17) is 4.74 Å². The average molecular weight is 273 g/mol. The van der Waals surface area contributed by atoms with Crippen LogP contribution in [0, 0.1) is 0 Å². The van der Waals surface area contributed by atoms with Crippen LogP contribution in [0.3, 0.4) is 0 Å². The second-order valence-corrected chi connectivity index (χ2v) is 6.51. The van der Waals surface area contributed by atoms with Crippen LogP contribution in [0.1, 0.15) is 48.2 Å². The summed E-state index contributed by atoms with van der Waals surface area (Å²) in [7, 11) is 0. The van der Waals surface area contributed by atoms with Crippen LogP contribution in [0.5, 0.6) is 0 Å². The molecule has 0 N–H and O–H groups in total. The van der Waals surface area contributed by atoms with Crippen LogP contribution in [0.2, 0.25) is 0 Å². The summed E-state index contributed by atoms with van der Waals surface area (Å²) in [6.07, 6.45) is 4.79. The van der Waals surface area contributed by atoms with Gasteiger partial charge in [-0.1, -0.05) is 6.07 Å². The van der Waals surface area contributed by atoms with Crippen LogP contribution in [0.25, 0.3) is 0 Å². The summed E-state index contributed by atoms with van der Waals surface area (Å²) in [5, 5.41) is 0. The maximum Gasteiger partial charge on any atom is 0.254 e. The SMILES string of the molecule is CC1(C)COCCN1C(=O)c1ccc2c(c1)CCCC2. The summed E-state index contributed by atoms with van der Waals surface area (Å²) in [5.41, 5.74) is 3.41. The predicted octanol–water partition coefficient (Wildman–Crippen LogP) is 2.82. The molecule has 108 valence electrons. The molecule has 0 aromatic heterocycles. The maximum absolute atomic E-state index is 12.8. The zero-order valence-corrected chi connectivity index (χ0v) is 12.4. The highest BCUT2D eigenvalue weighted by Crippen LogP contribution is 2.25. The summed E-state index contributed by atoms with van der Waals surface area (Å²) in [6.45, 7) is 6.08. The summed E-state index contributed by atoms with van der Waals surface area (Å²) < 4.78 is 5.50. The molecule has 3 heteroatoms. The zero-order chi connectivity index (χ0) is 14.2. The number of hydrogen-bond donors (Lipinski definition) is 0. The lowest BCUT2D eigenvalue weighted by atomic mass is 9.90. The summed E-state index contributed by atoms with van der Waals surface area (Å²) in [5.74, 6) is 0.145. The standard InChI is InChI=1S/C17H23NO2/c1-17(2)12-20-10-9-18(17)16(19)15-8-7-13-5-3-4-6-14(13)11-15/h7-8,11H,3-6,9-10,12H2,1-2H3. The van der Waals surface area contributed by atoms with Crippen LogP contribution < -0.4 is 0 Å². The molecule has 0 unspecified atom stereocenters. The Labute approximate surface area is 120 Å². The number of hydrogen-bond acceptors (Lipinski definition) is 2. The van der Waals surface area contributed by atoms with E-state index in [-0.39, 0.29) is 11.4 Å². The zero-order valence-electron chi connectivity index (χ0n) is 12.4. The number of benzene rings is 1. The quantitative estimate of drug-likeness (QED) is 0.787. The lowest BCUT2D eigenvalue weighted by molar-refractivity contribution is -0.0370. The number of carbonyl (C=O) groups is 1. The Hall–Kier alpha value is -1.35. The van der Waals surface area contributed by atoms with Gasteiger partial charge in [-0.3, -0.25) is 4.79 Å². The monoisotopic (exact) mass is 273 g/mol. The molecule has 0 bridgehead atoms. The minimum Gasteiger partial charge on any atom is -0.377 e. The fourth-order valence-corrected chi connectivity index (χ4v) is 3.26. The third kappa shape index (κ3) is 2.47. The van der Waals surface area contributed by atoms with Crippen LogP contribution in [-0.2, 0) is 17.6 Å². The molecular weight excluding hydrogens is 250 g/mol. The van der Waals surface area contributed by atoms with Crippen molar-refractivity contribution in [3.8, 4) is 0 Å². The number of morpholine rings is 1. The van der Waals surface area contributed by atoms with Crippen LogP contribution in [0.4, 0.5) is 0 Å². The molecule has 2 aliphatic rings. The smallest absolute Gasteiger partial charge is 0.254 e. The second kappa shape index (κ2) is 5.21. The normalized spacial score (nSPS) is 21.4. The Morgan fingerprint density at radius 2 is 1.95 bits per heavy atom. The van der Waals surface area contributed by atoms with Gasteiger partial charge in [0.05, 0.1) is 18.8 Å². The molecule has 1 aliphatic carbocycles. The highest BCUT2D eigenvalue weighted by atomic mass is 16.5. The molecule has 1 aliphatic heterocycles. The van der Waals surface area contributed by atoms with Crippen molar-refractivity contribution < 1.29 is 9.53 Å². The molecule has 0 spiro atoms. The number of ether oxygens (including phenoxy) is 1. The van der Waals surface area contributed by atoms with Gasteiger partial charge < -0.3 is 9.64 Å². The molecule has 1 aromatic carbocycles. The summed E-state index contributed by atoms with van der Waals surface area (Å²) >= 11 is 0. The van der Waals surface area contributed by atoms with Crippen LogP contribution in [-0.4, -0.2) is 36.1 Å². The molecule has 3 rings (SSSR count). The van der Waals surface area contributed by atoms with Gasteiger partial charge in [0.1, 0.15) is 0 Å². The molecular formula is C17H23NO2. The van der Waals surface area contributed by atoms with E-state index >= 15 is 0 Å². The predicted molar refractivity (Wildman–Crippen MR) is 79.0 cm³/mol. The van der Waals surface area contributed by atoms with Crippen molar-refractivity contribution >= 4 is 5.91 Å². The first-order valence-electron chi connectivity index (χ1n) is 7.59. The van der Waals surface area contributed by atoms with E-state index in [1.165, 1.54) is 24.0 Å². The third-order valence-corrected chi connectivity index (χ3v) is 4.49. The summed E-state index contributed by atoms with van der Waals surface area (Å²) in [6, 6.07) is 6.26. The maximum atomic E-state index is 12.8. The largest absolute Gasteiger partial charge is 0.377 e. The van der Waals surface area contributed by atoms with Crippen molar-refractivity contribution in [1.82, 2.24) is 4.90 Å². The number of nitrogens with zero attached hydrogens (tertiary/aromatic N) is 1. The minimum absolute atomic E-state index is 0.145. The van der Waals surface area contributed by atoms with Crippen molar-refractivity contribution in [2.45, 2.75) is 45.1 Å². The van der Waals surface area contributed by atoms with E-state index < -0.39 is 0 Å². The fraction of sp³-hybridized carbons (Fsp3) is 0.588. The molecule has 0 radical (unpaired) electrons. The first-order chi connectivity index (χ1) is 9.58. The first-order valence-corrected chi connectivity index (χ1v) is 7.59. The van der Waals surface area contributed by atoms with Crippen molar-refractivity contribution in [3.05, 3.63) is 34.9 Å². The lowest BCUT2D eigenvalue weighted by Crippen LogP contribution is -2.55. The van der Waals surface area contributed by atoms with Gasteiger partial charge in [0.25, 0.3) is 5.91 Å². The van der Waals surface area contributed by atoms with Crippen molar-refractivity contribution in [2.24, 2.45) is 0 Å². The Balaban J connectivity index is 1.86.